The van der Waals surface area contributed by atoms with E-state index in [0.717, 1.165) is 28.0 Å². The van der Waals surface area contributed by atoms with Crippen LogP contribution in [-0.4, -0.2) is 38.0 Å². The van der Waals surface area contributed by atoms with Crippen LogP contribution in [0, 0.1) is 12.8 Å². The van der Waals surface area contributed by atoms with Crippen molar-refractivity contribution in [2.75, 3.05) is 5.75 Å². The van der Waals surface area contributed by atoms with Gasteiger partial charge in [0.05, 0.1) is 11.5 Å². The highest BCUT2D eigenvalue weighted by Crippen LogP contribution is 2.22. The Morgan fingerprint density at radius 3 is 2.89 bits per heavy atom. The molecule has 142 valence electrons. The van der Waals surface area contributed by atoms with E-state index in [4.69, 9.17) is 4.74 Å². The monoisotopic (exact) mass is 393 g/mol. The number of carbonyl (C=O) groups excluding carboxylic acids is 1. The van der Waals surface area contributed by atoms with Crippen LogP contribution in [0.5, 0.6) is 5.75 Å². The van der Waals surface area contributed by atoms with E-state index in [0.29, 0.717) is 18.2 Å². The minimum Gasteiger partial charge on any atom is -0.485 e. The van der Waals surface area contributed by atoms with Crippen molar-refractivity contribution >= 4 is 29.2 Å². The molecule has 0 saturated heterocycles. The van der Waals surface area contributed by atoms with E-state index < -0.39 is 0 Å². The van der Waals surface area contributed by atoms with Crippen molar-refractivity contribution in [2.24, 2.45) is 23.0 Å². The fourth-order valence-corrected chi connectivity index (χ4v) is 3.65. The zero-order chi connectivity index (χ0) is 19.5. The van der Waals surface area contributed by atoms with Crippen LogP contribution in [0.3, 0.4) is 0 Å². The number of amidine groups is 1. The van der Waals surface area contributed by atoms with Crippen molar-refractivity contribution in [2.45, 2.75) is 18.7 Å². The van der Waals surface area contributed by atoms with Gasteiger partial charge in [0.1, 0.15) is 24.1 Å². The van der Waals surface area contributed by atoms with Crippen LogP contribution in [0.4, 0.5) is 0 Å². The Bertz CT molecular complexity index is 1030. The number of hydrogen-bond acceptors (Lipinski definition) is 6. The van der Waals surface area contributed by atoms with Crippen LogP contribution in [0.15, 0.2) is 63.7 Å². The van der Waals surface area contributed by atoms with E-state index in [9.17, 15) is 4.79 Å². The number of allylic oxidation sites excluding steroid dienone is 3. The molecule has 1 atom stereocenters. The minimum absolute atomic E-state index is 0.175. The molecule has 4 rings (SSSR count). The van der Waals surface area contributed by atoms with Gasteiger partial charge in [-0.3, -0.25) is 4.79 Å². The molecule has 1 aliphatic carbocycles. The number of hydrogen-bond donors (Lipinski definition) is 0. The van der Waals surface area contributed by atoms with Gasteiger partial charge in [-0.15, -0.1) is 10.2 Å². The molecule has 2 aliphatic rings. The molecule has 1 amide bonds. The standard InChI is InChI=1S/C20H19N5O2S/c1-13-7-3-6-10-16(13)27-11-18-23-24-20(25(18)2)28-12-17-21-15-9-5-4-8-14(15)19(26)22-17/h3-10,14H,11-12H2,1-2H3. The van der Waals surface area contributed by atoms with Gasteiger partial charge in [-0.25, -0.2) is 4.99 Å². The lowest BCUT2D eigenvalue weighted by Gasteiger charge is -2.17. The molecule has 1 unspecified atom stereocenters. The summed E-state index contributed by atoms with van der Waals surface area (Å²) in [4.78, 5) is 20.8. The van der Waals surface area contributed by atoms with Gasteiger partial charge in [0.25, 0.3) is 5.91 Å². The fourth-order valence-electron chi connectivity index (χ4n) is 2.87. The van der Waals surface area contributed by atoms with Crippen molar-refractivity contribution in [1.82, 2.24) is 14.8 Å². The van der Waals surface area contributed by atoms with Crippen LogP contribution in [-0.2, 0) is 18.4 Å². The Morgan fingerprint density at radius 1 is 1.18 bits per heavy atom. The Balaban J connectivity index is 1.39. The Hall–Kier alpha value is -3.00. The number of rotatable bonds is 6. The van der Waals surface area contributed by atoms with E-state index in [1.807, 2.05) is 67.1 Å². The topological polar surface area (TPSA) is 81.7 Å². The molecule has 0 radical (unpaired) electrons. The molecule has 1 aromatic heterocycles. The summed E-state index contributed by atoms with van der Waals surface area (Å²) in [5.41, 5.74) is 1.81. The Labute approximate surface area is 166 Å². The first-order chi connectivity index (χ1) is 13.6. The molecule has 0 saturated carbocycles. The number of carbonyl (C=O) groups is 1. The number of thioether (sulfide) groups is 1. The van der Waals surface area contributed by atoms with Crippen LogP contribution in [0.1, 0.15) is 11.4 Å². The molecule has 0 N–H and O–H groups in total. The molecule has 2 heterocycles. The molecule has 0 spiro atoms. The number of ether oxygens (including phenoxy) is 1. The van der Waals surface area contributed by atoms with Crippen LogP contribution < -0.4 is 4.74 Å². The van der Waals surface area contributed by atoms with Crippen LogP contribution in [0.2, 0.25) is 0 Å². The van der Waals surface area contributed by atoms with E-state index >= 15 is 0 Å². The van der Waals surface area contributed by atoms with Crippen molar-refractivity contribution in [3.8, 4) is 5.75 Å². The molecule has 7 nitrogen and oxygen atoms in total. The van der Waals surface area contributed by atoms with Crippen LogP contribution in [0.25, 0.3) is 0 Å². The molecule has 28 heavy (non-hydrogen) atoms. The molecule has 0 bridgehead atoms. The maximum Gasteiger partial charge on any atom is 0.260 e. The van der Waals surface area contributed by atoms with Gasteiger partial charge in [0.15, 0.2) is 11.0 Å². The minimum atomic E-state index is -0.348. The predicted octanol–water partition coefficient (Wildman–Crippen LogP) is 2.92. The summed E-state index contributed by atoms with van der Waals surface area (Å²) >= 11 is 1.44. The number of aromatic nitrogens is 3. The summed E-state index contributed by atoms with van der Waals surface area (Å²) in [7, 11) is 1.89. The average Bonchev–Trinajstić information content (AvgIpc) is 3.05. The zero-order valence-corrected chi connectivity index (χ0v) is 16.4. The second-order valence-electron chi connectivity index (χ2n) is 6.43. The maximum absolute atomic E-state index is 12.2. The normalized spacial score (nSPS) is 17.9. The van der Waals surface area contributed by atoms with E-state index in [2.05, 4.69) is 20.2 Å². The number of para-hydroxylation sites is 1. The van der Waals surface area contributed by atoms with Gasteiger partial charge in [-0.05, 0) is 24.6 Å². The first kappa shape index (κ1) is 18.4. The fraction of sp³-hybridized carbons (Fsp3) is 0.250. The lowest BCUT2D eigenvalue weighted by atomic mass is 9.97. The first-order valence-corrected chi connectivity index (χ1v) is 9.85. The van der Waals surface area contributed by atoms with E-state index in [-0.39, 0.29) is 11.8 Å². The number of fused-ring (bicyclic) bond motifs is 1. The zero-order valence-electron chi connectivity index (χ0n) is 15.6. The lowest BCUT2D eigenvalue weighted by Crippen LogP contribution is -2.27. The Morgan fingerprint density at radius 2 is 2.04 bits per heavy atom. The van der Waals surface area contributed by atoms with Crippen molar-refractivity contribution < 1.29 is 9.53 Å². The largest absolute Gasteiger partial charge is 0.485 e. The third-order valence-electron chi connectivity index (χ3n) is 4.47. The maximum atomic E-state index is 12.2. The third kappa shape index (κ3) is 3.82. The smallest absolute Gasteiger partial charge is 0.260 e. The molecule has 8 heteroatoms. The predicted molar refractivity (Wildman–Crippen MR) is 109 cm³/mol. The van der Waals surface area contributed by atoms with Gasteiger partial charge >= 0.3 is 0 Å². The quantitative estimate of drug-likeness (QED) is 0.705. The number of nitrogens with zero attached hydrogens (tertiary/aromatic N) is 5. The highest BCUT2D eigenvalue weighted by molar-refractivity contribution is 7.99. The molecule has 1 aliphatic heterocycles. The molecule has 2 aromatic rings. The number of aryl methyl sites for hydroxylation is 1. The Kier molecular flexibility index (Phi) is 5.21. The summed E-state index contributed by atoms with van der Waals surface area (Å²) in [5.74, 6) is 1.98. The van der Waals surface area contributed by atoms with Gasteiger partial charge in [-0.1, -0.05) is 48.2 Å². The molecular formula is C20H19N5O2S. The second kappa shape index (κ2) is 7.93. The van der Waals surface area contributed by atoms with Crippen LogP contribution >= 0.6 is 11.8 Å². The van der Waals surface area contributed by atoms with Gasteiger partial charge in [0, 0.05) is 7.05 Å². The van der Waals surface area contributed by atoms with Crippen molar-refractivity contribution in [1.29, 1.82) is 0 Å². The summed E-state index contributed by atoms with van der Waals surface area (Å²) in [6.07, 6.45) is 7.39. The lowest BCUT2D eigenvalue weighted by molar-refractivity contribution is -0.118. The highest BCUT2D eigenvalue weighted by atomic mass is 32.2. The van der Waals surface area contributed by atoms with Crippen molar-refractivity contribution in [3.05, 3.63) is 60.0 Å². The number of benzene rings is 1. The molecule has 0 fully saturated rings. The number of amides is 1. The third-order valence-corrected chi connectivity index (χ3v) is 5.49. The summed E-state index contributed by atoms with van der Waals surface area (Å²) in [6, 6.07) is 7.85. The molecular weight excluding hydrogens is 374 g/mol. The average molecular weight is 393 g/mol. The second-order valence-corrected chi connectivity index (χ2v) is 7.37. The van der Waals surface area contributed by atoms with E-state index in [1.54, 1.807) is 0 Å². The van der Waals surface area contributed by atoms with Crippen molar-refractivity contribution in [3.63, 3.8) is 0 Å². The first-order valence-electron chi connectivity index (χ1n) is 8.86. The SMILES string of the molecule is Cc1ccccc1OCc1nnc(SCC2=NC(=O)C3C=CC=CC3=N2)n1C. The summed E-state index contributed by atoms with van der Waals surface area (Å²) < 4.78 is 7.73. The summed E-state index contributed by atoms with van der Waals surface area (Å²) in [6.45, 7) is 2.33. The molecule has 1 aromatic carbocycles. The van der Waals surface area contributed by atoms with Gasteiger partial charge in [-0.2, -0.15) is 4.99 Å². The highest BCUT2D eigenvalue weighted by Gasteiger charge is 2.26. The number of aliphatic imine (C=N–C) groups is 2. The van der Waals surface area contributed by atoms with Gasteiger partial charge < -0.3 is 9.30 Å². The summed E-state index contributed by atoms with van der Waals surface area (Å²) in [5, 5.41) is 9.15. The van der Waals surface area contributed by atoms with Gasteiger partial charge in [0.2, 0.25) is 0 Å². The van der Waals surface area contributed by atoms with E-state index in [1.165, 1.54) is 11.8 Å².